The van der Waals surface area contributed by atoms with Gasteiger partial charge in [0, 0.05) is 12.6 Å². The van der Waals surface area contributed by atoms with Crippen molar-refractivity contribution in [3.63, 3.8) is 0 Å². The van der Waals surface area contributed by atoms with Gasteiger partial charge in [-0.3, -0.25) is 0 Å². The molecule has 96 valence electrons. The van der Waals surface area contributed by atoms with Gasteiger partial charge in [-0.25, -0.2) is 0 Å². The zero-order valence-electron chi connectivity index (χ0n) is 12.0. The molecule has 0 saturated carbocycles. The first kappa shape index (κ1) is 14.0. The summed E-state index contributed by atoms with van der Waals surface area (Å²) in [5.41, 5.74) is 3.86. The van der Waals surface area contributed by atoms with Crippen LogP contribution in [0.3, 0.4) is 0 Å². The summed E-state index contributed by atoms with van der Waals surface area (Å²) in [6.07, 6.45) is 1.04. The van der Waals surface area contributed by atoms with Crippen LogP contribution in [0.4, 0.5) is 0 Å². The van der Waals surface area contributed by atoms with Gasteiger partial charge in [0.2, 0.25) is 0 Å². The molecule has 0 aliphatic carbocycles. The van der Waals surface area contributed by atoms with Crippen molar-refractivity contribution in [1.29, 1.82) is 0 Å². The Bertz CT molecular complexity index is 371. The highest BCUT2D eigenvalue weighted by Crippen LogP contribution is 2.25. The summed E-state index contributed by atoms with van der Waals surface area (Å²) in [6.45, 7) is 9.76. The van der Waals surface area contributed by atoms with E-state index >= 15 is 0 Å². The number of aryl methyl sites for hydroxylation is 2. The highest BCUT2D eigenvalue weighted by molar-refractivity contribution is 5.43. The van der Waals surface area contributed by atoms with Crippen molar-refractivity contribution in [1.82, 2.24) is 4.90 Å². The van der Waals surface area contributed by atoms with E-state index in [4.69, 9.17) is 4.74 Å². The Hall–Kier alpha value is -1.02. The van der Waals surface area contributed by atoms with Crippen LogP contribution < -0.4 is 4.74 Å². The van der Waals surface area contributed by atoms with Crippen LogP contribution in [0.15, 0.2) is 12.1 Å². The highest BCUT2D eigenvalue weighted by atomic mass is 16.5. The Morgan fingerprint density at radius 2 is 1.88 bits per heavy atom. The van der Waals surface area contributed by atoms with Gasteiger partial charge in [-0.1, -0.05) is 17.7 Å². The van der Waals surface area contributed by atoms with E-state index in [-0.39, 0.29) is 0 Å². The Morgan fingerprint density at radius 1 is 1.24 bits per heavy atom. The van der Waals surface area contributed by atoms with E-state index in [1.807, 2.05) is 0 Å². The van der Waals surface area contributed by atoms with Crippen LogP contribution in [0, 0.1) is 13.8 Å². The number of likely N-dealkylation sites (N-methyl/N-ethyl adjacent to an activating group) is 1. The fourth-order valence-corrected chi connectivity index (χ4v) is 2.08. The summed E-state index contributed by atoms with van der Waals surface area (Å²) < 4.78 is 5.51. The molecule has 0 N–H and O–H groups in total. The molecule has 17 heavy (non-hydrogen) atoms. The number of rotatable bonds is 5. The summed E-state index contributed by atoms with van der Waals surface area (Å²) >= 11 is 0. The van der Waals surface area contributed by atoms with Gasteiger partial charge in [0.05, 0.1) is 7.11 Å². The first-order valence-electron chi connectivity index (χ1n) is 6.30. The molecule has 0 fully saturated rings. The maximum Gasteiger partial charge on any atom is 0.125 e. The fraction of sp³-hybridized carbons (Fsp3) is 0.600. The van der Waals surface area contributed by atoms with Crippen LogP contribution in [0.5, 0.6) is 5.75 Å². The van der Waals surface area contributed by atoms with Crippen molar-refractivity contribution < 1.29 is 4.74 Å². The van der Waals surface area contributed by atoms with E-state index in [2.05, 4.69) is 51.8 Å². The van der Waals surface area contributed by atoms with Crippen molar-refractivity contribution in [2.75, 3.05) is 20.7 Å². The van der Waals surface area contributed by atoms with Crippen LogP contribution in [-0.4, -0.2) is 31.6 Å². The number of hydrogen-bond donors (Lipinski definition) is 0. The first-order valence-corrected chi connectivity index (χ1v) is 6.30. The normalized spacial score (nSPS) is 11.3. The number of methoxy groups -OCH3 is 1. The number of nitrogens with zero attached hydrogens (tertiary/aromatic N) is 1. The lowest BCUT2D eigenvalue weighted by molar-refractivity contribution is 0.276. The van der Waals surface area contributed by atoms with E-state index in [0.29, 0.717) is 6.04 Å². The minimum atomic E-state index is 0.590. The third-order valence-corrected chi connectivity index (χ3v) is 3.32. The fourth-order valence-electron chi connectivity index (χ4n) is 2.08. The molecule has 1 aromatic rings. The van der Waals surface area contributed by atoms with Crippen LogP contribution in [-0.2, 0) is 6.42 Å². The summed E-state index contributed by atoms with van der Waals surface area (Å²) in [5.74, 6) is 1.05. The quantitative estimate of drug-likeness (QED) is 0.777. The van der Waals surface area contributed by atoms with Crippen molar-refractivity contribution >= 4 is 0 Å². The summed E-state index contributed by atoms with van der Waals surface area (Å²) in [5, 5.41) is 0. The smallest absolute Gasteiger partial charge is 0.125 e. The van der Waals surface area contributed by atoms with Crippen LogP contribution in [0.1, 0.15) is 30.5 Å². The second-order valence-electron chi connectivity index (χ2n) is 5.10. The molecule has 1 aromatic carbocycles. The predicted molar refractivity (Wildman–Crippen MR) is 73.9 cm³/mol. The van der Waals surface area contributed by atoms with Crippen molar-refractivity contribution in [3.05, 3.63) is 28.8 Å². The molecule has 2 nitrogen and oxygen atoms in total. The monoisotopic (exact) mass is 235 g/mol. The minimum absolute atomic E-state index is 0.590. The maximum absolute atomic E-state index is 5.51. The standard InChI is InChI=1S/C15H25NO/c1-11(2)16(5)8-7-14-10-12(3)9-13(4)15(14)17-6/h9-11H,7-8H2,1-6H3. The lowest BCUT2D eigenvalue weighted by atomic mass is 10.0. The second kappa shape index (κ2) is 6.06. The molecule has 0 saturated heterocycles. The van der Waals surface area contributed by atoms with Crippen molar-refractivity contribution in [2.45, 2.75) is 40.2 Å². The number of ether oxygens (including phenoxy) is 1. The lowest BCUT2D eigenvalue weighted by Crippen LogP contribution is -2.28. The van der Waals surface area contributed by atoms with E-state index in [1.165, 1.54) is 16.7 Å². The number of benzene rings is 1. The van der Waals surface area contributed by atoms with Gasteiger partial charge in [-0.15, -0.1) is 0 Å². The maximum atomic E-state index is 5.51. The zero-order chi connectivity index (χ0) is 13.0. The molecular formula is C15H25NO. The predicted octanol–water partition coefficient (Wildman–Crippen LogP) is 3.19. The molecule has 0 atom stereocenters. The van der Waals surface area contributed by atoms with Crippen molar-refractivity contribution in [2.24, 2.45) is 0 Å². The van der Waals surface area contributed by atoms with E-state index in [9.17, 15) is 0 Å². The molecule has 0 amide bonds. The molecular weight excluding hydrogens is 210 g/mol. The molecule has 1 rings (SSSR count). The van der Waals surface area contributed by atoms with Crippen LogP contribution >= 0.6 is 0 Å². The molecule has 0 radical (unpaired) electrons. The van der Waals surface area contributed by atoms with Gasteiger partial charge >= 0.3 is 0 Å². The molecule has 0 bridgehead atoms. The average molecular weight is 235 g/mol. The zero-order valence-corrected chi connectivity index (χ0v) is 12.0. The van der Waals surface area contributed by atoms with Gasteiger partial charge in [0.1, 0.15) is 5.75 Å². The third kappa shape index (κ3) is 3.74. The molecule has 0 aromatic heterocycles. The molecule has 2 heteroatoms. The van der Waals surface area contributed by atoms with Crippen LogP contribution in [0.2, 0.25) is 0 Å². The van der Waals surface area contributed by atoms with Gasteiger partial charge < -0.3 is 9.64 Å². The molecule has 0 aliphatic heterocycles. The van der Waals surface area contributed by atoms with Gasteiger partial charge in [-0.05, 0) is 52.3 Å². The van der Waals surface area contributed by atoms with E-state index < -0.39 is 0 Å². The molecule has 0 spiro atoms. The Morgan fingerprint density at radius 3 is 2.41 bits per heavy atom. The third-order valence-electron chi connectivity index (χ3n) is 3.32. The van der Waals surface area contributed by atoms with Gasteiger partial charge in [0.15, 0.2) is 0 Å². The summed E-state index contributed by atoms with van der Waals surface area (Å²) in [4.78, 5) is 2.36. The topological polar surface area (TPSA) is 12.5 Å². The average Bonchev–Trinajstić information content (AvgIpc) is 2.24. The second-order valence-corrected chi connectivity index (χ2v) is 5.10. The summed E-state index contributed by atoms with van der Waals surface area (Å²) in [6, 6.07) is 5.00. The van der Waals surface area contributed by atoms with Crippen LogP contribution in [0.25, 0.3) is 0 Å². The summed E-state index contributed by atoms with van der Waals surface area (Å²) in [7, 11) is 3.92. The molecule has 0 unspecified atom stereocenters. The van der Waals surface area contributed by atoms with E-state index in [1.54, 1.807) is 7.11 Å². The van der Waals surface area contributed by atoms with Crippen molar-refractivity contribution in [3.8, 4) is 5.75 Å². The Labute approximate surface area is 106 Å². The highest BCUT2D eigenvalue weighted by Gasteiger charge is 2.09. The van der Waals surface area contributed by atoms with Gasteiger partial charge in [0.25, 0.3) is 0 Å². The largest absolute Gasteiger partial charge is 0.496 e. The van der Waals surface area contributed by atoms with E-state index in [0.717, 1.165) is 18.7 Å². The number of hydrogen-bond acceptors (Lipinski definition) is 2. The SMILES string of the molecule is COc1c(C)cc(C)cc1CCN(C)C(C)C. The molecule has 0 heterocycles. The molecule has 0 aliphatic rings. The van der Waals surface area contributed by atoms with Gasteiger partial charge in [-0.2, -0.15) is 0 Å². The Kier molecular flexibility index (Phi) is 5.01. The minimum Gasteiger partial charge on any atom is -0.496 e. The Balaban J connectivity index is 2.83. The lowest BCUT2D eigenvalue weighted by Gasteiger charge is -2.22. The first-order chi connectivity index (χ1) is 7.95.